The molecule has 0 saturated carbocycles. The number of hydrogen-bond acceptors (Lipinski definition) is 2. The molecule has 0 aromatic rings. The van der Waals surface area contributed by atoms with Gasteiger partial charge < -0.3 is 0 Å². The maximum Gasteiger partial charge on any atom is 0.133 e. The smallest absolute Gasteiger partial charge is 0.133 e. The van der Waals surface area contributed by atoms with E-state index in [1.807, 2.05) is 0 Å². The molecule has 0 rings (SSSR count). The number of carbonyl (C=O) groups excluding carboxylic acids is 2. The van der Waals surface area contributed by atoms with Crippen LogP contribution in [0.25, 0.3) is 0 Å². The summed E-state index contributed by atoms with van der Waals surface area (Å²) in [4.78, 5) is 23.3. The van der Waals surface area contributed by atoms with Gasteiger partial charge in [0.15, 0.2) is 0 Å². The van der Waals surface area contributed by atoms with Crippen LogP contribution in [0.5, 0.6) is 0 Å². The van der Waals surface area contributed by atoms with E-state index in [1.165, 1.54) is 0 Å². The van der Waals surface area contributed by atoms with Gasteiger partial charge in [0.05, 0.1) is 0 Å². The summed E-state index contributed by atoms with van der Waals surface area (Å²) < 4.78 is 0. The maximum absolute atomic E-state index is 11.7. The molecule has 0 fully saturated rings. The Balaban J connectivity index is 4.74. The maximum atomic E-state index is 11.7. The van der Waals surface area contributed by atoms with Crippen molar-refractivity contribution in [3.8, 4) is 0 Å². The van der Waals surface area contributed by atoms with Gasteiger partial charge in [0.1, 0.15) is 11.6 Å². The average molecular weight is 240 g/mol. The summed E-state index contributed by atoms with van der Waals surface area (Å²) in [5.41, 5.74) is 0. The van der Waals surface area contributed by atoms with Crippen molar-refractivity contribution >= 4 is 11.6 Å². The molecule has 0 radical (unpaired) electrons. The third-order valence-corrected chi connectivity index (χ3v) is 3.75. The molecule has 0 saturated heterocycles. The highest BCUT2D eigenvalue weighted by atomic mass is 16.1. The van der Waals surface area contributed by atoms with E-state index in [-0.39, 0.29) is 29.3 Å². The van der Waals surface area contributed by atoms with Gasteiger partial charge in [0, 0.05) is 11.8 Å². The van der Waals surface area contributed by atoms with Crippen LogP contribution in [0, 0.1) is 29.6 Å². The second-order valence-electron chi connectivity index (χ2n) is 6.05. The first kappa shape index (κ1) is 16.3. The summed E-state index contributed by atoms with van der Waals surface area (Å²) in [6.07, 6.45) is 0.829. The van der Waals surface area contributed by atoms with E-state index in [4.69, 9.17) is 0 Å². The van der Waals surface area contributed by atoms with Crippen molar-refractivity contribution in [2.24, 2.45) is 29.6 Å². The molecule has 0 aromatic heterocycles. The standard InChI is InChI=1S/C15H28O2/c1-9(2)14(12(6)16)8-11(5)15(10(3)4)13(7)17/h9-11,14-15H,8H2,1-7H3. The second-order valence-corrected chi connectivity index (χ2v) is 6.05. The highest BCUT2D eigenvalue weighted by Gasteiger charge is 2.29. The average Bonchev–Trinajstić information content (AvgIpc) is 2.11. The molecule has 0 bridgehead atoms. The summed E-state index contributed by atoms with van der Waals surface area (Å²) >= 11 is 0. The molecule has 100 valence electrons. The van der Waals surface area contributed by atoms with E-state index in [2.05, 4.69) is 34.6 Å². The minimum Gasteiger partial charge on any atom is -0.300 e. The lowest BCUT2D eigenvalue weighted by Gasteiger charge is -2.29. The zero-order valence-electron chi connectivity index (χ0n) is 12.4. The summed E-state index contributed by atoms with van der Waals surface area (Å²) in [6, 6.07) is 0. The quantitative estimate of drug-likeness (QED) is 0.679. The normalized spacial score (nSPS) is 17.0. The van der Waals surface area contributed by atoms with E-state index in [0.717, 1.165) is 6.42 Å². The molecule has 0 aliphatic heterocycles. The predicted octanol–water partition coefficient (Wildman–Crippen LogP) is 3.74. The number of Topliss-reactive ketones (excluding diaryl/α,β-unsaturated/α-hetero) is 2. The number of carbonyl (C=O) groups is 2. The Hall–Kier alpha value is -0.660. The summed E-state index contributed by atoms with van der Waals surface area (Å²) in [7, 11) is 0. The fourth-order valence-electron chi connectivity index (χ4n) is 2.98. The Morgan fingerprint density at radius 1 is 0.824 bits per heavy atom. The third kappa shape index (κ3) is 5.01. The molecule has 0 amide bonds. The van der Waals surface area contributed by atoms with Gasteiger partial charge in [-0.1, -0.05) is 34.6 Å². The lowest BCUT2D eigenvalue weighted by atomic mass is 9.74. The predicted molar refractivity (Wildman–Crippen MR) is 71.8 cm³/mol. The Bertz CT molecular complexity index is 266. The molecule has 0 aliphatic carbocycles. The van der Waals surface area contributed by atoms with Crippen molar-refractivity contribution < 1.29 is 9.59 Å². The largest absolute Gasteiger partial charge is 0.300 e. The van der Waals surface area contributed by atoms with Crippen molar-refractivity contribution in [2.45, 2.75) is 54.9 Å². The number of rotatable bonds is 7. The molecule has 2 heteroatoms. The Morgan fingerprint density at radius 3 is 1.53 bits per heavy atom. The minimum absolute atomic E-state index is 0.0793. The fourth-order valence-corrected chi connectivity index (χ4v) is 2.98. The summed E-state index contributed by atoms with van der Waals surface area (Å²) in [5.74, 6) is 1.65. The first-order chi connectivity index (χ1) is 7.68. The summed E-state index contributed by atoms with van der Waals surface area (Å²) in [5, 5.41) is 0. The Kier molecular flexibility index (Phi) is 6.66. The van der Waals surface area contributed by atoms with Gasteiger partial charge in [-0.05, 0) is 38.0 Å². The zero-order chi connectivity index (χ0) is 13.7. The third-order valence-electron chi connectivity index (χ3n) is 3.75. The lowest BCUT2D eigenvalue weighted by Crippen LogP contribution is -2.29. The molecular formula is C15H28O2. The second kappa shape index (κ2) is 6.93. The Morgan fingerprint density at radius 2 is 1.29 bits per heavy atom. The zero-order valence-corrected chi connectivity index (χ0v) is 12.4. The van der Waals surface area contributed by atoms with Crippen LogP contribution in [0.3, 0.4) is 0 Å². The first-order valence-electron chi connectivity index (χ1n) is 6.69. The van der Waals surface area contributed by atoms with E-state index in [1.54, 1.807) is 13.8 Å². The van der Waals surface area contributed by atoms with Gasteiger partial charge in [-0.2, -0.15) is 0 Å². The number of hydrogen-bond donors (Lipinski definition) is 0. The van der Waals surface area contributed by atoms with Gasteiger partial charge in [-0.15, -0.1) is 0 Å². The molecule has 3 atom stereocenters. The molecule has 0 heterocycles. The molecule has 0 aliphatic rings. The van der Waals surface area contributed by atoms with Crippen molar-refractivity contribution in [2.75, 3.05) is 0 Å². The molecule has 2 nitrogen and oxygen atoms in total. The molecular weight excluding hydrogens is 212 g/mol. The van der Waals surface area contributed by atoms with Gasteiger partial charge in [0.25, 0.3) is 0 Å². The van der Waals surface area contributed by atoms with Gasteiger partial charge >= 0.3 is 0 Å². The highest BCUT2D eigenvalue weighted by molar-refractivity contribution is 5.80. The van der Waals surface area contributed by atoms with E-state index >= 15 is 0 Å². The monoisotopic (exact) mass is 240 g/mol. The SMILES string of the molecule is CC(=O)C(CC(C)C(C(C)=O)C(C)C)C(C)C. The van der Waals surface area contributed by atoms with Crippen LogP contribution in [-0.4, -0.2) is 11.6 Å². The van der Waals surface area contributed by atoms with Gasteiger partial charge in [0.2, 0.25) is 0 Å². The highest BCUT2D eigenvalue weighted by Crippen LogP contribution is 2.30. The van der Waals surface area contributed by atoms with Crippen LogP contribution in [0.15, 0.2) is 0 Å². The number of ketones is 2. The first-order valence-corrected chi connectivity index (χ1v) is 6.69. The molecule has 0 N–H and O–H groups in total. The van der Waals surface area contributed by atoms with E-state index in [9.17, 15) is 9.59 Å². The van der Waals surface area contributed by atoms with Crippen LogP contribution in [0.4, 0.5) is 0 Å². The van der Waals surface area contributed by atoms with Crippen LogP contribution in [0.2, 0.25) is 0 Å². The Labute approximate surface area is 106 Å². The van der Waals surface area contributed by atoms with Crippen molar-refractivity contribution in [1.29, 1.82) is 0 Å². The van der Waals surface area contributed by atoms with Gasteiger partial charge in [-0.3, -0.25) is 9.59 Å². The van der Waals surface area contributed by atoms with Crippen molar-refractivity contribution in [1.82, 2.24) is 0 Å². The van der Waals surface area contributed by atoms with Crippen LogP contribution in [0.1, 0.15) is 54.9 Å². The molecule has 17 heavy (non-hydrogen) atoms. The van der Waals surface area contributed by atoms with E-state index < -0.39 is 0 Å². The summed E-state index contributed by atoms with van der Waals surface area (Å²) in [6.45, 7) is 13.8. The minimum atomic E-state index is 0.0793. The molecule has 3 unspecified atom stereocenters. The van der Waals surface area contributed by atoms with Gasteiger partial charge in [-0.25, -0.2) is 0 Å². The van der Waals surface area contributed by atoms with Crippen LogP contribution < -0.4 is 0 Å². The van der Waals surface area contributed by atoms with Crippen molar-refractivity contribution in [3.05, 3.63) is 0 Å². The molecule has 0 aromatic carbocycles. The van der Waals surface area contributed by atoms with Crippen LogP contribution in [-0.2, 0) is 9.59 Å². The fraction of sp³-hybridized carbons (Fsp3) is 0.867. The lowest BCUT2D eigenvalue weighted by molar-refractivity contribution is -0.126. The topological polar surface area (TPSA) is 34.1 Å². The van der Waals surface area contributed by atoms with Crippen molar-refractivity contribution in [3.63, 3.8) is 0 Å². The van der Waals surface area contributed by atoms with E-state index in [0.29, 0.717) is 11.8 Å². The van der Waals surface area contributed by atoms with Crippen LogP contribution >= 0.6 is 0 Å². The molecule has 0 spiro atoms.